The number of hydrogen-bond donors (Lipinski definition) is 1. The van der Waals surface area contributed by atoms with Crippen LogP contribution in [0.4, 0.5) is 0 Å². The van der Waals surface area contributed by atoms with Crippen LogP contribution in [0.5, 0.6) is 0 Å². The lowest BCUT2D eigenvalue weighted by molar-refractivity contribution is -0.941. The first kappa shape index (κ1) is 17.8. The second-order valence-electron chi connectivity index (χ2n) is 7.20. The van der Waals surface area contributed by atoms with E-state index >= 15 is 0 Å². The van der Waals surface area contributed by atoms with Gasteiger partial charge in [-0.05, 0) is 22.9 Å². The van der Waals surface area contributed by atoms with E-state index in [9.17, 15) is 0 Å². The van der Waals surface area contributed by atoms with Crippen molar-refractivity contribution in [2.45, 2.75) is 32.5 Å². The summed E-state index contributed by atoms with van der Waals surface area (Å²) in [6.07, 6.45) is 1.08. The molecule has 0 saturated carbocycles. The third kappa shape index (κ3) is 3.77. The summed E-state index contributed by atoms with van der Waals surface area (Å²) in [5.74, 6) is 0.908. The minimum atomic E-state index is 0.103. The first-order chi connectivity index (χ1) is 13.3. The van der Waals surface area contributed by atoms with Crippen molar-refractivity contribution in [2.75, 3.05) is 20.3 Å². The van der Waals surface area contributed by atoms with E-state index in [1.54, 1.807) is 7.11 Å². The Bertz CT molecular complexity index is 890. The molecule has 0 aliphatic carbocycles. The molecule has 6 nitrogen and oxygen atoms in total. The largest absolute Gasteiger partial charge is 0.383 e. The number of nitrogens with one attached hydrogen (secondary N) is 1. The number of fused-ring (bicyclic) bond motifs is 1. The van der Waals surface area contributed by atoms with Crippen molar-refractivity contribution in [1.82, 2.24) is 20.2 Å². The van der Waals surface area contributed by atoms with Crippen LogP contribution in [0.25, 0.3) is 0 Å². The Morgan fingerprint density at radius 1 is 1.11 bits per heavy atom. The molecular formula is C21H26N5O+. The molecule has 0 saturated heterocycles. The van der Waals surface area contributed by atoms with Crippen LogP contribution in [0.15, 0.2) is 48.5 Å². The van der Waals surface area contributed by atoms with Crippen molar-refractivity contribution < 1.29 is 9.64 Å². The average Bonchev–Trinajstić information content (AvgIpc) is 3.16. The normalized spacial score (nSPS) is 17.5. The van der Waals surface area contributed by atoms with Crippen molar-refractivity contribution in [3.05, 3.63) is 76.6 Å². The van der Waals surface area contributed by atoms with Crippen LogP contribution in [-0.4, -0.2) is 40.5 Å². The van der Waals surface area contributed by atoms with Gasteiger partial charge in [-0.2, -0.15) is 0 Å². The van der Waals surface area contributed by atoms with Gasteiger partial charge in [-0.15, -0.1) is 5.10 Å². The smallest absolute Gasteiger partial charge is 0.214 e. The van der Waals surface area contributed by atoms with E-state index in [0.717, 1.165) is 25.3 Å². The van der Waals surface area contributed by atoms with Gasteiger partial charge in [-0.25, -0.2) is 4.68 Å². The molecule has 1 aliphatic rings. The monoisotopic (exact) mass is 364 g/mol. The third-order valence-corrected chi connectivity index (χ3v) is 5.40. The zero-order valence-corrected chi connectivity index (χ0v) is 15.9. The number of methoxy groups -OCH3 is 1. The molecule has 4 rings (SSSR count). The zero-order valence-electron chi connectivity index (χ0n) is 15.9. The number of quaternary nitrogens is 1. The Morgan fingerprint density at radius 2 is 1.89 bits per heavy atom. The van der Waals surface area contributed by atoms with Gasteiger partial charge < -0.3 is 9.64 Å². The second kappa shape index (κ2) is 7.98. The number of nitrogens with zero attached hydrogens (tertiary/aromatic N) is 4. The van der Waals surface area contributed by atoms with E-state index in [2.05, 4.69) is 71.0 Å². The summed E-state index contributed by atoms with van der Waals surface area (Å²) in [5, 5.41) is 12.6. The Kier molecular flexibility index (Phi) is 5.27. The lowest BCUT2D eigenvalue weighted by atomic mass is 9.95. The molecule has 2 aromatic carbocycles. The van der Waals surface area contributed by atoms with E-state index in [0.29, 0.717) is 13.2 Å². The van der Waals surface area contributed by atoms with Gasteiger partial charge >= 0.3 is 0 Å². The minimum absolute atomic E-state index is 0.103. The summed E-state index contributed by atoms with van der Waals surface area (Å²) in [6.45, 7) is 5.41. The summed E-state index contributed by atoms with van der Waals surface area (Å²) >= 11 is 0. The highest BCUT2D eigenvalue weighted by Gasteiger charge is 2.33. The topological polar surface area (TPSA) is 57.3 Å². The van der Waals surface area contributed by atoms with E-state index in [1.807, 2.05) is 4.68 Å². The van der Waals surface area contributed by atoms with Gasteiger partial charge in [0.2, 0.25) is 5.82 Å². The number of tetrazole rings is 1. The Balaban J connectivity index is 1.71. The van der Waals surface area contributed by atoms with Crippen LogP contribution in [0.3, 0.4) is 0 Å². The van der Waals surface area contributed by atoms with Gasteiger partial charge in [0.15, 0.2) is 6.04 Å². The maximum Gasteiger partial charge on any atom is 0.214 e. The van der Waals surface area contributed by atoms with Gasteiger partial charge in [0.25, 0.3) is 0 Å². The molecule has 140 valence electrons. The molecule has 0 spiro atoms. The van der Waals surface area contributed by atoms with E-state index < -0.39 is 0 Å². The first-order valence-electron chi connectivity index (χ1n) is 9.49. The Hall–Kier alpha value is -2.57. The van der Waals surface area contributed by atoms with Crippen LogP contribution in [0, 0.1) is 6.92 Å². The Labute approximate surface area is 159 Å². The molecule has 27 heavy (non-hydrogen) atoms. The van der Waals surface area contributed by atoms with Crippen molar-refractivity contribution in [2.24, 2.45) is 0 Å². The van der Waals surface area contributed by atoms with Crippen LogP contribution < -0.4 is 4.90 Å². The van der Waals surface area contributed by atoms with Crippen molar-refractivity contribution in [3.8, 4) is 0 Å². The molecule has 0 radical (unpaired) electrons. The number of benzene rings is 2. The van der Waals surface area contributed by atoms with Gasteiger partial charge in [-0.3, -0.25) is 0 Å². The van der Waals surface area contributed by atoms with Gasteiger partial charge in [0.1, 0.15) is 6.54 Å². The quantitative estimate of drug-likeness (QED) is 0.718. The summed E-state index contributed by atoms with van der Waals surface area (Å²) in [4.78, 5) is 1.48. The lowest BCUT2D eigenvalue weighted by Crippen LogP contribution is -3.12. The molecule has 0 fully saturated rings. The molecule has 2 atom stereocenters. The van der Waals surface area contributed by atoms with E-state index in [4.69, 9.17) is 4.74 Å². The molecule has 3 aromatic rings. The Morgan fingerprint density at radius 3 is 2.67 bits per heavy atom. The van der Waals surface area contributed by atoms with Gasteiger partial charge in [0, 0.05) is 24.7 Å². The molecule has 1 unspecified atom stereocenters. The second-order valence-corrected chi connectivity index (χ2v) is 7.20. The summed E-state index contributed by atoms with van der Waals surface area (Å²) in [6, 6.07) is 17.6. The summed E-state index contributed by atoms with van der Waals surface area (Å²) in [5.41, 5.74) is 5.40. The van der Waals surface area contributed by atoms with Crippen LogP contribution in [0.2, 0.25) is 0 Å². The van der Waals surface area contributed by atoms with E-state index in [1.165, 1.54) is 27.2 Å². The third-order valence-electron chi connectivity index (χ3n) is 5.40. The average molecular weight is 364 g/mol. The molecule has 0 bridgehead atoms. The predicted octanol–water partition coefficient (Wildman–Crippen LogP) is 1.36. The van der Waals surface area contributed by atoms with Crippen molar-refractivity contribution in [1.29, 1.82) is 0 Å². The summed E-state index contributed by atoms with van der Waals surface area (Å²) < 4.78 is 7.13. The highest BCUT2D eigenvalue weighted by atomic mass is 16.5. The minimum Gasteiger partial charge on any atom is -0.383 e. The fraction of sp³-hybridized carbons (Fsp3) is 0.381. The predicted molar refractivity (Wildman–Crippen MR) is 102 cm³/mol. The highest BCUT2D eigenvalue weighted by Crippen LogP contribution is 2.20. The van der Waals surface area contributed by atoms with Gasteiger partial charge in [-0.1, -0.05) is 54.1 Å². The lowest BCUT2D eigenvalue weighted by Gasteiger charge is -2.32. The standard InChI is InChI=1S/C21H25N5O/c1-16-7-9-18(10-8-16)20(21-22-23-24-26(21)13-14-27-2)25-12-11-17-5-3-4-6-19(17)15-25/h3-10,20H,11-15H2,1-2H3/p+1/t20-/m1/s1. The van der Waals surface area contributed by atoms with Crippen molar-refractivity contribution >= 4 is 0 Å². The van der Waals surface area contributed by atoms with Gasteiger partial charge in [0.05, 0.1) is 19.7 Å². The fourth-order valence-electron chi connectivity index (χ4n) is 3.93. The molecule has 1 aromatic heterocycles. The number of hydrogen-bond acceptors (Lipinski definition) is 4. The first-order valence-corrected chi connectivity index (χ1v) is 9.49. The molecule has 6 heteroatoms. The number of aromatic nitrogens is 4. The van der Waals surface area contributed by atoms with Crippen LogP contribution in [-0.2, 0) is 24.2 Å². The zero-order chi connectivity index (χ0) is 18.6. The fourth-order valence-corrected chi connectivity index (χ4v) is 3.93. The number of aryl methyl sites for hydroxylation is 1. The maximum absolute atomic E-state index is 5.24. The molecule has 2 heterocycles. The molecule has 0 amide bonds. The number of rotatable bonds is 6. The van der Waals surface area contributed by atoms with Crippen molar-refractivity contribution in [3.63, 3.8) is 0 Å². The van der Waals surface area contributed by atoms with Crippen LogP contribution in [0.1, 0.15) is 34.1 Å². The molecular weight excluding hydrogens is 338 g/mol. The number of ether oxygens (including phenoxy) is 1. The van der Waals surface area contributed by atoms with E-state index in [-0.39, 0.29) is 6.04 Å². The maximum atomic E-state index is 5.24. The van der Waals surface area contributed by atoms with Crippen LogP contribution >= 0.6 is 0 Å². The highest BCUT2D eigenvalue weighted by molar-refractivity contribution is 5.29. The SMILES string of the molecule is COCCn1nnnc1[C@@H](c1ccc(C)cc1)[NH+]1CCc2ccccc2C1. The molecule has 1 aliphatic heterocycles. The summed E-state index contributed by atoms with van der Waals surface area (Å²) in [7, 11) is 1.70. The molecule has 1 N–H and O–H groups in total.